The van der Waals surface area contributed by atoms with Crippen LogP contribution in [0.5, 0.6) is 0 Å². The molecule has 5 heteroatoms. The van der Waals surface area contributed by atoms with Crippen molar-refractivity contribution in [2.24, 2.45) is 0 Å². The summed E-state index contributed by atoms with van der Waals surface area (Å²) in [7, 11) is 0. The zero-order valence-corrected chi connectivity index (χ0v) is 17.1. The van der Waals surface area contributed by atoms with Gasteiger partial charge < -0.3 is 4.90 Å². The molecule has 1 fully saturated rings. The summed E-state index contributed by atoms with van der Waals surface area (Å²) >= 11 is 0. The Morgan fingerprint density at radius 1 is 1.21 bits per heavy atom. The maximum absolute atomic E-state index is 13.1. The zero-order valence-electron chi connectivity index (χ0n) is 17.1. The Labute approximate surface area is 171 Å². The molecule has 3 amide bonds. The van der Waals surface area contributed by atoms with Crippen LogP contribution >= 0.6 is 0 Å². The molecule has 1 heterocycles. The van der Waals surface area contributed by atoms with Crippen LogP contribution in [0.4, 0.5) is 5.69 Å². The zero-order chi connectivity index (χ0) is 21.1. The van der Waals surface area contributed by atoms with Crippen molar-refractivity contribution < 1.29 is 14.4 Å². The highest BCUT2D eigenvalue weighted by molar-refractivity contribution is 6.23. The van der Waals surface area contributed by atoms with Gasteiger partial charge in [-0.1, -0.05) is 49.8 Å². The fraction of sp³-hybridized carbons (Fsp3) is 0.292. The van der Waals surface area contributed by atoms with E-state index < -0.39 is 6.04 Å². The molecule has 29 heavy (non-hydrogen) atoms. The van der Waals surface area contributed by atoms with E-state index in [1.54, 1.807) is 36.4 Å². The third-order valence-electron chi connectivity index (χ3n) is 5.17. The third kappa shape index (κ3) is 4.14. The lowest BCUT2D eigenvalue weighted by Gasteiger charge is -2.26. The second-order valence-electron chi connectivity index (χ2n) is 7.65. The number of anilines is 1. The van der Waals surface area contributed by atoms with E-state index in [1.165, 1.54) is 9.80 Å². The standard InChI is InChI=1S/C24H26N2O3/c1-5-13-25(23(28)19-8-6-7-17(4)14-19)21-15-22(27)26(24(21)29)20-11-9-18(10-12-20)16(2)3/h5-12,14,16,21H,1,13,15H2,2-4H3. The lowest BCUT2D eigenvalue weighted by Crippen LogP contribution is -2.45. The van der Waals surface area contributed by atoms with E-state index in [4.69, 9.17) is 0 Å². The Morgan fingerprint density at radius 3 is 2.48 bits per heavy atom. The second-order valence-corrected chi connectivity index (χ2v) is 7.65. The van der Waals surface area contributed by atoms with Crippen molar-refractivity contribution in [3.8, 4) is 0 Å². The van der Waals surface area contributed by atoms with Crippen LogP contribution in [0.2, 0.25) is 0 Å². The number of rotatable bonds is 6. The SMILES string of the molecule is C=CCN(C(=O)c1cccc(C)c1)C1CC(=O)N(c2ccc(C(C)C)cc2)C1=O. The minimum absolute atomic E-state index is 0.0316. The van der Waals surface area contributed by atoms with E-state index in [9.17, 15) is 14.4 Å². The summed E-state index contributed by atoms with van der Waals surface area (Å²) in [5.74, 6) is -0.605. The summed E-state index contributed by atoms with van der Waals surface area (Å²) in [6.07, 6.45) is 1.54. The maximum atomic E-state index is 13.1. The summed E-state index contributed by atoms with van der Waals surface area (Å²) in [5.41, 5.74) is 3.11. The van der Waals surface area contributed by atoms with Gasteiger partial charge in [0.2, 0.25) is 5.91 Å². The van der Waals surface area contributed by atoms with E-state index in [2.05, 4.69) is 20.4 Å². The van der Waals surface area contributed by atoms with Crippen LogP contribution in [0.3, 0.4) is 0 Å². The van der Waals surface area contributed by atoms with Gasteiger partial charge in [0.15, 0.2) is 0 Å². The van der Waals surface area contributed by atoms with Gasteiger partial charge in [0.05, 0.1) is 12.1 Å². The maximum Gasteiger partial charge on any atom is 0.257 e. The number of imide groups is 1. The molecule has 0 saturated carbocycles. The molecule has 0 radical (unpaired) electrons. The first-order valence-corrected chi connectivity index (χ1v) is 9.78. The van der Waals surface area contributed by atoms with E-state index in [0.29, 0.717) is 17.2 Å². The van der Waals surface area contributed by atoms with Crippen LogP contribution in [0, 0.1) is 6.92 Å². The van der Waals surface area contributed by atoms with Gasteiger partial charge >= 0.3 is 0 Å². The summed E-state index contributed by atoms with van der Waals surface area (Å²) in [6, 6.07) is 13.8. The monoisotopic (exact) mass is 390 g/mol. The van der Waals surface area contributed by atoms with E-state index in [-0.39, 0.29) is 30.7 Å². The van der Waals surface area contributed by atoms with Crippen LogP contribution in [-0.2, 0) is 9.59 Å². The lowest BCUT2D eigenvalue weighted by atomic mass is 10.0. The number of hydrogen-bond acceptors (Lipinski definition) is 3. The number of carbonyl (C=O) groups is 3. The number of amides is 3. The van der Waals surface area contributed by atoms with Crippen molar-refractivity contribution >= 4 is 23.4 Å². The average Bonchev–Trinajstić information content (AvgIpc) is 2.99. The molecule has 2 aromatic rings. The van der Waals surface area contributed by atoms with Gasteiger partial charge in [-0.05, 0) is 42.7 Å². The van der Waals surface area contributed by atoms with Crippen LogP contribution < -0.4 is 4.90 Å². The Balaban J connectivity index is 1.89. The van der Waals surface area contributed by atoms with Gasteiger partial charge in [0.25, 0.3) is 11.8 Å². The van der Waals surface area contributed by atoms with Crippen LogP contribution in [-0.4, -0.2) is 35.2 Å². The smallest absolute Gasteiger partial charge is 0.257 e. The van der Waals surface area contributed by atoms with Crippen molar-refractivity contribution in [2.75, 3.05) is 11.4 Å². The molecule has 1 aliphatic heterocycles. The molecule has 0 bridgehead atoms. The third-order valence-corrected chi connectivity index (χ3v) is 5.17. The van der Waals surface area contributed by atoms with Gasteiger partial charge in [-0.3, -0.25) is 14.4 Å². The second kappa shape index (κ2) is 8.43. The highest BCUT2D eigenvalue weighted by Gasteiger charge is 2.44. The number of hydrogen-bond donors (Lipinski definition) is 0. The quantitative estimate of drug-likeness (QED) is 0.552. The lowest BCUT2D eigenvalue weighted by molar-refractivity contribution is -0.122. The number of carbonyl (C=O) groups excluding carboxylic acids is 3. The van der Waals surface area contributed by atoms with E-state index >= 15 is 0 Å². The molecule has 0 aliphatic carbocycles. The molecular formula is C24H26N2O3. The minimum atomic E-state index is -0.835. The molecule has 1 aliphatic rings. The Morgan fingerprint density at radius 2 is 1.90 bits per heavy atom. The Bertz CT molecular complexity index is 947. The van der Waals surface area contributed by atoms with Crippen LogP contribution in [0.25, 0.3) is 0 Å². The summed E-state index contributed by atoms with van der Waals surface area (Å²) in [5, 5.41) is 0. The van der Waals surface area contributed by atoms with Crippen molar-refractivity contribution in [1.82, 2.24) is 4.90 Å². The Kier molecular flexibility index (Phi) is 5.97. The highest BCUT2D eigenvalue weighted by Crippen LogP contribution is 2.28. The van der Waals surface area contributed by atoms with Gasteiger partial charge in [0.1, 0.15) is 6.04 Å². The first-order chi connectivity index (χ1) is 13.8. The van der Waals surface area contributed by atoms with Gasteiger partial charge in [-0.15, -0.1) is 6.58 Å². The number of aryl methyl sites for hydroxylation is 1. The molecule has 1 saturated heterocycles. The van der Waals surface area contributed by atoms with Crippen molar-refractivity contribution in [1.29, 1.82) is 0 Å². The predicted octanol–water partition coefficient (Wildman–Crippen LogP) is 4.08. The van der Waals surface area contributed by atoms with E-state index in [1.807, 2.05) is 25.1 Å². The fourth-order valence-corrected chi connectivity index (χ4v) is 3.57. The molecule has 0 aromatic heterocycles. The predicted molar refractivity (Wildman–Crippen MR) is 114 cm³/mol. The topological polar surface area (TPSA) is 57.7 Å². The van der Waals surface area contributed by atoms with Gasteiger partial charge in [-0.25, -0.2) is 4.90 Å². The first-order valence-electron chi connectivity index (χ1n) is 9.78. The molecule has 0 spiro atoms. The molecule has 150 valence electrons. The first kappa shape index (κ1) is 20.5. The minimum Gasteiger partial charge on any atom is -0.322 e. The summed E-state index contributed by atoms with van der Waals surface area (Å²) < 4.78 is 0. The van der Waals surface area contributed by atoms with Crippen molar-refractivity contribution in [3.05, 3.63) is 77.9 Å². The van der Waals surface area contributed by atoms with Crippen molar-refractivity contribution in [3.63, 3.8) is 0 Å². The number of nitrogens with zero attached hydrogens (tertiary/aromatic N) is 2. The largest absolute Gasteiger partial charge is 0.322 e. The molecule has 1 unspecified atom stereocenters. The fourth-order valence-electron chi connectivity index (χ4n) is 3.57. The summed E-state index contributed by atoms with van der Waals surface area (Å²) in [6.45, 7) is 9.97. The van der Waals surface area contributed by atoms with Gasteiger partial charge in [-0.2, -0.15) is 0 Å². The molecule has 5 nitrogen and oxygen atoms in total. The number of benzene rings is 2. The Hall–Kier alpha value is -3.21. The molecule has 3 rings (SSSR count). The molecule has 1 atom stereocenters. The molecular weight excluding hydrogens is 364 g/mol. The van der Waals surface area contributed by atoms with Crippen LogP contribution in [0.15, 0.2) is 61.2 Å². The highest BCUT2D eigenvalue weighted by atomic mass is 16.2. The normalized spacial score (nSPS) is 16.4. The van der Waals surface area contributed by atoms with Crippen LogP contribution in [0.1, 0.15) is 47.7 Å². The average molecular weight is 390 g/mol. The van der Waals surface area contributed by atoms with E-state index in [0.717, 1.165) is 11.1 Å². The van der Waals surface area contributed by atoms with Crippen molar-refractivity contribution in [2.45, 2.75) is 39.2 Å². The molecule has 0 N–H and O–H groups in total. The van der Waals surface area contributed by atoms with Gasteiger partial charge in [0, 0.05) is 12.1 Å². The summed E-state index contributed by atoms with van der Waals surface area (Å²) in [4.78, 5) is 41.5. The molecule has 2 aromatic carbocycles.